The normalized spacial score (nSPS) is 21.7. The third-order valence-electron chi connectivity index (χ3n) is 4.30. The van der Waals surface area contributed by atoms with Crippen molar-refractivity contribution in [1.82, 2.24) is 4.98 Å². The first-order valence-corrected chi connectivity index (χ1v) is 8.64. The minimum atomic E-state index is -0.157. The zero-order chi connectivity index (χ0) is 15.5. The first-order chi connectivity index (χ1) is 10.6. The van der Waals surface area contributed by atoms with Gasteiger partial charge in [0.05, 0.1) is 19.0 Å². The number of piperidine rings is 1. The third kappa shape index (κ3) is 3.54. The van der Waals surface area contributed by atoms with Crippen molar-refractivity contribution in [2.24, 2.45) is 11.7 Å². The van der Waals surface area contributed by atoms with Crippen molar-refractivity contribution in [1.29, 1.82) is 0 Å². The standard InChI is InChI=1S/C17H21N3OS/c1-12-4-6-13(7-5-12)17-19-15(11-22-17)10-20-8-2-3-14(9-20)16(18)21/h4-7,11,14H,2-3,8-10H2,1H3,(H2,18,21)/p+1/t14-/m0/s1. The highest BCUT2D eigenvalue weighted by Gasteiger charge is 2.27. The Morgan fingerprint density at radius 3 is 2.91 bits per heavy atom. The summed E-state index contributed by atoms with van der Waals surface area (Å²) in [7, 11) is 0. The largest absolute Gasteiger partial charge is 0.369 e. The molecule has 3 rings (SSSR count). The van der Waals surface area contributed by atoms with Crippen LogP contribution in [0.25, 0.3) is 10.6 Å². The lowest BCUT2D eigenvalue weighted by atomic mass is 9.97. The lowest BCUT2D eigenvalue weighted by Crippen LogP contribution is -3.12. The number of carbonyl (C=O) groups is 1. The number of carbonyl (C=O) groups excluding carboxylic acids is 1. The van der Waals surface area contributed by atoms with Crippen molar-refractivity contribution in [3.05, 3.63) is 40.9 Å². The molecule has 1 saturated heterocycles. The van der Waals surface area contributed by atoms with E-state index in [-0.39, 0.29) is 11.8 Å². The fourth-order valence-corrected chi connectivity index (χ4v) is 3.85. The predicted octanol–water partition coefficient (Wildman–Crippen LogP) is 1.40. The molecule has 0 spiro atoms. The Kier molecular flexibility index (Phi) is 4.55. The molecule has 0 radical (unpaired) electrons. The van der Waals surface area contributed by atoms with Crippen molar-refractivity contribution in [2.45, 2.75) is 26.3 Å². The molecule has 1 amide bonds. The molecule has 1 aliphatic rings. The van der Waals surface area contributed by atoms with Crippen LogP contribution in [-0.2, 0) is 11.3 Å². The van der Waals surface area contributed by atoms with Gasteiger partial charge in [0.2, 0.25) is 5.91 Å². The van der Waals surface area contributed by atoms with Crippen LogP contribution in [0.2, 0.25) is 0 Å². The summed E-state index contributed by atoms with van der Waals surface area (Å²) in [6.07, 6.45) is 2.00. The van der Waals surface area contributed by atoms with Gasteiger partial charge in [-0.2, -0.15) is 0 Å². The molecule has 0 bridgehead atoms. The number of quaternary nitrogens is 1. The minimum Gasteiger partial charge on any atom is -0.369 e. The van der Waals surface area contributed by atoms with Crippen LogP contribution >= 0.6 is 11.3 Å². The van der Waals surface area contributed by atoms with Gasteiger partial charge < -0.3 is 10.6 Å². The monoisotopic (exact) mass is 316 g/mol. The molecule has 1 aromatic heterocycles. The summed E-state index contributed by atoms with van der Waals surface area (Å²) in [4.78, 5) is 17.5. The zero-order valence-electron chi connectivity index (χ0n) is 12.8. The fourth-order valence-electron chi connectivity index (χ4n) is 3.03. The maximum absolute atomic E-state index is 11.4. The Balaban J connectivity index is 1.66. The molecule has 4 nitrogen and oxygen atoms in total. The summed E-state index contributed by atoms with van der Waals surface area (Å²) in [5.41, 5.74) is 8.99. The maximum Gasteiger partial charge on any atom is 0.226 e. The van der Waals surface area contributed by atoms with Crippen molar-refractivity contribution < 1.29 is 9.69 Å². The van der Waals surface area contributed by atoms with E-state index in [1.807, 2.05) is 0 Å². The van der Waals surface area contributed by atoms with Crippen LogP contribution in [-0.4, -0.2) is 24.0 Å². The van der Waals surface area contributed by atoms with Crippen molar-refractivity contribution in [3.8, 4) is 10.6 Å². The molecule has 2 atom stereocenters. The first kappa shape index (κ1) is 15.2. The number of nitrogens with two attached hydrogens (primary N) is 1. The van der Waals surface area contributed by atoms with Gasteiger partial charge in [-0.3, -0.25) is 4.79 Å². The van der Waals surface area contributed by atoms with E-state index in [2.05, 4.69) is 36.6 Å². The third-order valence-corrected chi connectivity index (χ3v) is 5.24. The molecule has 2 heterocycles. The molecule has 3 N–H and O–H groups in total. The van der Waals surface area contributed by atoms with Crippen LogP contribution in [0.1, 0.15) is 24.1 Å². The van der Waals surface area contributed by atoms with E-state index in [9.17, 15) is 4.79 Å². The number of nitrogens with zero attached hydrogens (tertiary/aromatic N) is 1. The summed E-state index contributed by atoms with van der Waals surface area (Å²) in [6, 6.07) is 8.47. The summed E-state index contributed by atoms with van der Waals surface area (Å²) >= 11 is 1.69. The molecule has 2 aromatic rings. The van der Waals surface area contributed by atoms with Gasteiger partial charge in [-0.25, -0.2) is 4.98 Å². The average Bonchev–Trinajstić information content (AvgIpc) is 2.96. The number of nitrogens with one attached hydrogen (secondary N) is 1. The number of likely N-dealkylation sites (tertiary alicyclic amines) is 1. The van der Waals surface area contributed by atoms with E-state index in [0.717, 1.165) is 43.2 Å². The minimum absolute atomic E-state index is 0.0268. The number of benzene rings is 1. The molecule has 1 fully saturated rings. The number of primary amides is 1. The fraction of sp³-hybridized carbons (Fsp3) is 0.412. The van der Waals surface area contributed by atoms with Crippen LogP contribution in [0.3, 0.4) is 0 Å². The molecule has 1 aliphatic heterocycles. The Labute approximate surface area is 135 Å². The van der Waals surface area contributed by atoms with Gasteiger partial charge in [-0.1, -0.05) is 29.8 Å². The SMILES string of the molecule is Cc1ccc(-c2nc(C[NH+]3CCC[C@H](C(N)=O)C3)cs2)cc1. The van der Waals surface area contributed by atoms with Crippen LogP contribution < -0.4 is 10.6 Å². The van der Waals surface area contributed by atoms with Gasteiger partial charge in [-0.15, -0.1) is 11.3 Å². The van der Waals surface area contributed by atoms with Gasteiger partial charge in [0, 0.05) is 10.9 Å². The topological polar surface area (TPSA) is 60.4 Å². The first-order valence-electron chi connectivity index (χ1n) is 7.76. The molecular formula is C17H22N3OS+. The van der Waals surface area contributed by atoms with Crippen molar-refractivity contribution in [2.75, 3.05) is 13.1 Å². The van der Waals surface area contributed by atoms with E-state index in [1.54, 1.807) is 11.3 Å². The summed E-state index contributed by atoms with van der Waals surface area (Å²) in [6.45, 7) is 4.91. The van der Waals surface area contributed by atoms with Gasteiger partial charge in [0.15, 0.2) is 0 Å². The van der Waals surface area contributed by atoms with E-state index in [0.29, 0.717) is 0 Å². The highest BCUT2D eigenvalue weighted by Crippen LogP contribution is 2.23. The number of thiazole rings is 1. The van der Waals surface area contributed by atoms with Gasteiger partial charge in [0.1, 0.15) is 17.2 Å². The molecule has 0 aliphatic carbocycles. The maximum atomic E-state index is 11.4. The lowest BCUT2D eigenvalue weighted by Gasteiger charge is -2.27. The lowest BCUT2D eigenvalue weighted by molar-refractivity contribution is -0.921. The Hall–Kier alpha value is -1.72. The Bertz CT molecular complexity index is 650. The molecule has 22 heavy (non-hydrogen) atoms. The number of hydrogen-bond donors (Lipinski definition) is 2. The molecule has 116 valence electrons. The van der Waals surface area contributed by atoms with Gasteiger partial charge in [0.25, 0.3) is 0 Å². The van der Waals surface area contributed by atoms with Gasteiger partial charge >= 0.3 is 0 Å². The van der Waals surface area contributed by atoms with Crippen LogP contribution in [0, 0.1) is 12.8 Å². The number of aromatic nitrogens is 1. The molecule has 5 heteroatoms. The predicted molar refractivity (Wildman–Crippen MR) is 88.6 cm³/mol. The second kappa shape index (κ2) is 6.58. The second-order valence-electron chi connectivity index (χ2n) is 6.13. The van der Waals surface area contributed by atoms with E-state index in [4.69, 9.17) is 10.7 Å². The van der Waals surface area contributed by atoms with Crippen LogP contribution in [0.5, 0.6) is 0 Å². The van der Waals surface area contributed by atoms with Crippen molar-refractivity contribution >= 4 is 17.2 Å². The number of rotatable bonds is 4. The smallest absolute Gasteiger partial charge is 0.226 e. The van der Waals surface area contributed by atoms with Crippen molar-refractivity contribution in [3.63, 3.8) is 0 Å². The summed E-state index contributed by atoms with van der Waals surface area (Å²) in [5, 5.41) is 3.20. The van der Waals surface area contributed by atoms with E-state index < -0.39 is 0 Å². The highest BCUT2D eigenvalue weighted by molar-refractivity contribution is 7.13. The number of hydrogen-bond acceptors (Lipinski definition) is 3. The van der Waals surface area contributed by atoms with Gasteiger partial charge in [-0.05, 0) is 19.8 Å². The second-order valence-corrected chi connectivity index (χ2v) is 6.99. The summed E-state index contributed by atoms with van der Waals surface area (Å²) in [5.74, 6) is -0.130. The van der Waals surface area contributed by atoms with Crippen LogP contribution in [0.15, 0.2) is 29.6 Å². The Morgan fingerprint density at radius 2 is 2.18 bits per heavy atom. The number of amides is 1. The molecule has 1 unspecified atom stereocenters. The van der Waals surface area contributed by atoms with Crippen LogP contribution in [0.4, 0.5) is 0 Å². The zero-order valence-corrected chi connectivity index (χ0v) is 13.7. The molecule has 0 saturated carbocycles. The average molecular weight is 316 g/mol. The Morgan fingerprint density at radius 1 is 1.41 bits per heavy atom. The quantitative estimate of drug-likeness (QED) is 0.896. The highest BCUT2D eigenvalue weighted by atomic mass is 32.1. The number of aryl methyl sites for hydroxylation is 1. The summed E-state index contributed by atoms with van der Waals surface area (Å²) < 4.78 is 0. The molecule has 1 aromatic carbocycles. The van der Waals surface area contributed by atoms with E-state index in [1.165, 1.54) is 16.0 Å². The van der Waals surface area contributed by atoms with E-state index >= 15 is 0 Å². The molecular weight excluding hydrogens is 294 g/mol.